The Morgan fingerprint density at radius 2 is 0.902 bits per heavy atom. The van der Waals surface area contributed by atoms with Crippen molar-refractivity contribution in [1.82, 2.24) is 15.0 Å². The summed E-state index contributed by atoms with van der Waals surface area (Å²) in [6, 6.07) is 46.0. The molecule has 8 atom stereocenters. The van der Waals surface area contributed by atoms with Gasteiger partial charge in [0.25, 0.3) is 0 Å². The topological polar surface area (TPSA) is 62.5 Å². The van der Waals surface area contributed by atoms with Crippen molar-refractivity contribution in [2.24, 2.45) is 35.5 Å². The molecule has 10 rings (SSSR count). The van der Waals surface area contributed by atoms with Gasteiger partial charge in [0.1, 0.15) is 0 Å². The van der Waals surface area contributed by atoms with Crippen LogP contribution in [0.5, 0.6) is 0 Å². The van der Waals surface area contributed by atoms with E-state index >= 15 is 0 Å². The van der Waals surface area contributed by atoms with Gasteiger partial charge in [-0.1, -0.05) is 125 Å². The van der Waals surface area contributed by atoms with Crippen molar-refractivity contribution in [2.75, 3.05) is 0 Å². The zero-order chi connectivity index (χ0) is 41.7. The molecule has 4 saturated carbocycles. The van der Waals surface area contributed by atoms with E-state index in [1.54, 1.807) is 0 Å². The van der Waals surface area contributed by atoms with Crippen molar-refractivity contribution in [1.29, 1.82) is 5.26 Å². The highest BCUT2D eigenvalue weighted by molar-refractivity contribution is 5.80. The predicted molar refractivity (Wildman–Crippen MR) is 250 cm³/mol. The molecule has 4 nitrogen and oxygen atoms in total. The molecular formula is C57H60N4. The van der Waals surface area contributed by atoms with E-state index in [1.807, 2.05) is 24.3 Å². The summed E-state index contributed by atoms with van der Waals surface area (Å²) in [5.41, 5.74) is 11.4. The van der Waals surface area contributed by atoms with E-state index in [0.29, 0.717) is 23.0 Å². The lowest BCUT2D eigenvalue weighted by Gasteiger charge is -2.51. The molecule has 4 aliphatic rings. The Kier molecular flexibility index (Phi) is 10.5. The van der Waals surface area contributed by atoms with Crippen LogP contribution < -0.4 is 0 Å². The van der Waals surface area contributed by atoms with E-state index in [1.165, 1.54) is 81.8 Å². The first-order valence-corrected chi connectivity index (χ1v) is 23.4. The van der Waals surface area contributed by atoms with Gasteiger partial charge < -0.3 is 0 Å². The molecule has 4 bridgehead atoms. The highest BCUT2D eigenvalue weighted by Gasteiger charge is 2.46. The molecule has 0 saturated heterocycles. The van der Waals surface area contributed by atoms with Crippen LogP contribution >= 0.6 is 0 Å². The standard InChI is InChI=1S/C57H60N4/c1-5-40-26-43-25-39(4)32-57(33-40,35-43)52-21-17-47(18-22-52)54-59-53(46-15-19-51(20-16-46)56-30-37(2)23-42(34-56)24-38(3)31-56)60-55(61-54)50-28-48(44-9-7-6-8-10-44)27-49(29-50)45-13-11-41(36-58)12-14-45/h6-22,27-29,37-40,42-43H,5,23-26,30-35H2,1-4H3/t37-,38+,39-,40+,42-,43-,56?,57?/m0/s1. The highest BCUT2D eigenvalue weighted by Crippen LogP contribution is 2.56. The Labute approximate surface area is 364 Å². The van der Waals surface area contributed by atoms with Gasteiger partial charge in [-0.15, -0.1) is 0 Å². The molecule has 0 radical (unpaired) electrons. The summed E-state index contributed by atoms with van der Waals surface area (Å²) in [5.74, 6) is 6.84. The minimum absolute atomic E-state index is 0.264. The number of fused-ring (bicyclic) bond motifs is 4. The first kappa shape index (κ1) is 39.7. The molecule has 0 N–H and O–H groups in total. The van der Waals surface area contributed by atoms with Gasteiger partial charge >= 0.3 is 0 Å². The van der Waals surface area contributed by atoms with Crippen molar-refractivity contribution in [3.63, 3.8) is 0 Å². The molecule has 6 aromatic rings. The van der Waals surface area contributed by atoms with Gasteiger partial charge in [0, 0.05) is 16.7 Å². The molecule has 4 fully saturated rings. The molecule has 61 heavy (non-hydrogen) atoms. The number of aromatic nitrogens is 3. The molecule has 308 valence electrons. The molecule has 0 spiro atoms. The maximum atomic E-state index is 9.54. The van der Waals surface area contributed by atoms with Crippen LogP contribution in [0.2, 0.25) is 0 Å². The Balaban J connectivity index is 1.08. The largest absolute Gasteiger partial charge is 0.208 e. The SMILES string of the molecule is CC[C@@H]1C[C@@H]2C[C@H](C)CC(c3ccc(-c4nc(-c5ccc(C67C[C@H](C)C[C@H](C[C@H](C)C6)C7)cc5)nc(-c5cc(-c6ccccc6)cc(-c6ccc(C#N)cc6)c5)n4)cc3)(C1)C2. The Morgan fingerprint density at radius 3 is 1.39 bits per heavy atom. The summed E-state index contributed by atoms with van der Waals surface area (Å²) in [4.78, 5) is 15.9. The van der Waals surface area contributed by atoms with Crippen LogP contribution in [0.4, 0.5) is 0 Å². The van der Waals surface area contributed by atoms with E-state index in [4.69, 9.17) is 15.0 Å². The maximum Gasteiger partial charge on any atom is 0.164 e. The van der Waals surface area contributed by atoms with Gasteiger partial charge in [-0.3, -0.25) is 0 Å². The molecule has 0 amide bonds. The van der Waals surface area contributed by atoms with Gasteiger partial charge in [-0.05, 0) is 174 Å². The van der Waals surface area contributed by atoms with Crippen LogP contribution in [0.1, 0.15) is 115 Å². The third kappa shape index (κ3) is 7.86. The van der Waals surface area contributed by atoms with Gasteiger partial charge in [-0.25, -0.2) is 15.0 Å². The second-order valence-electron chi connectivity index (χ2n) is 20.4. The van der Waals surface area contributed by atoms with Crippen LogP contribution in [-0.2, 0) is 10.8 Å². The lowest BCUT2D eigenvalue weighted by molar-refractivity contribution is 0.0702. The third-order valence-electron chi connectivity index (χ3n) is 15.5. The smallest absolute Gasteiger partial charge is 0.164 e. The normalized spacial score (nSPS) is 28.2. The number of benzene rings is 5. The molecule has 1 aromatic heterocycles. The molecular weight excluding hydrogens is 741 g/mol. The van der Waals surface area contributed by atoms with Crippen molar-refractivity contribution in [2.45, 2.75) is 109 Å². The van der Waals surface area contributed by atoms with E-state index in [0.717, 1.165) is 74.5 Å². The summed E-state index contributed by atoms with van der Waals surface area (Å²) < 4.78 is 0. The number of hydrogen-bond acceptors (Lipinski definition) is 4. The van der Waals surface area contributed by atoms with Crippen molar-refractivity contribution in [3.8, 4) is 62.5 Å². The zero-order valence-corrected chi connectivity index (χ0v) is 36.6. The van der Waals surface area contributed by atoms with E-state index < -0.39 is 0 Å². The van der Waals surface area contributed by atoms with Crippen LogP contribution in [0.25, 0.3) is 56.4 Å². The van der Waals surface area contributed by atoms with E-state index in [2.05, 4.69) is 131 Å². The third-order valence-corrected chi connectivity index (χ3v) is 15.5. The van der Waals surface area contributed by atoms with Crippen molar-refractivity contribution < 1.29 is 0 Å². The first-order valence-electron chi connectivity index (χ1n) is 23.4. The highest BCUT2D eigenvalue weighted by atomic mass is 15.0. The summed E-state index contributed by atoms with van der Waals surface area (Å²) in [5, 5.41) is 9.54. The molecule has 0 aliphatic heterocycles. The van der Waals surface area contributed by atoms with Crippen LogP contribution in [0.3, 0.4) is 0 Å². The van der Waals surface area contributed by atoms with Gasteiger partial charge in [0.05, 0.1) is 11.6 Å². The Bertz CT molecular complexity index is 2530. The van der Waals surface area contributed by atoms with Crippen LogP contribution in [-0.4, -0.2) is 15.0 Å². The fourth-order valence-corrected chi connectivity index (χ4v) is 13.4. The van der Waals surface area contributed by atoms with Crippen LogP contribution in [0.15, 0.2) is 121 Å². The minimum Gasteiger partial charge on any atom is -0.208 e. The number of nitriles is 1. The zero-order valence-electron chi connectivity index (χ0n) is 36.6. The molecule has 4 aliphatic carbocycles. The Hall–Kier alpha value is -5.40. The molecule has 5 aromatic carbocycles. The first-order chi connectivity index (χ1) is 29.7. The average Bonchev–Trinajstić information content (AvgIpc) is 3.28. The summed E-state index contributed by atoms with van der Waals surface area (Å²) >= 11 is 0. The molecule has 4 heteroatoms. The van der Waals surface area contributed by atoms with Crippen molar-refractivity contribution in [3.05, 3.63) is 138 Å². The van der Waals surface area contributed by atoms with Crippen molar-refractivity contribution >= 4 is 0 Å². The van der Waals surface area contributed by atoms with Gasteiger partial charge in [0.2, 0.25) is 0 Å². The molecule has 1 heterocycles. The maximum absolute atomic E-state index is 9.54. The Morgan fingerprint density at radius 1 is 0.475 bits per heavy atom. The quantitative estimate of drug-likeness (QED) is 0.154. The average molecular weight is 801 g/mol. The lowest BCUT2D eigenvalue weighted by Crippen LogP contribution is -2.42. The van der Waals surface area contributed by atoms with Crippen LogP contribution in [0, 0.1) is 46.8 Å². The second kappa shape index (κ2) is 16.1. The number of rotatable bonds is 8. The molecule has 2 unspecified atom stereocenters. The number of nitrogens with zero attached hydrogens (tertiary/aromatic N) is 4. The minimum atomic E-state index is 0.264. The summed E-state index contributed by atoms with van der Waals surface area (Å²) in [7, 11) is 0. The monoisotopic (exact) mass is 800 g/mol. The summed E-state index contributed by atoms with van der Waals surface area (Å²) in [6.07, 6.45) is 14.6. The lowest BCUT2D eigenvalue weighted by atomic mass is 9.54. The van der Waals surface area contributed by atoms with Gasteiger partial charge in [0.15, 0.2) is 17.5 Å². The summed E-state index contributed by atoms with van der Waals surface area (Å²) in [6.45, 7) is 9.80. The van der Waals surface area contributed by atoms with E-state index in [9.17, 15) is 5.26 Å². The predicted octanol–water partition coefficient (Wildman–Crippen LogP) is 14.7. The second-order valence-corrected chi connectivity index (χ2v) is 20.4. The van der Waals surface area contributed by atoms with Gasteiger partial charge in [-0.2, -0.15) is 5.26 Å². The fraction of sp³-hybridized carbons (Fsp3) is 0.404. The fourth-order valence-electron chi connectivity index (χ4n) is 13.4. The number of hydrogen-bond donors (Lipinski definition) is 0. The van der Waals surface area contributed by atoms with E-state index in [-0.39, 0.29) is 10.8 Å².